The van der Waals surface area contributed by atoms with Crippen molar-refractivity contribution in [2.24, 2.45) is 5.41 Å². The van der Waals surface area contributed by atoms with Crippen molar-refractivity contribution in [2.45, 2.75) is 52.0 Å². The Morgan fingerprint density at radius 1 is 1.19 bits per heavy atom. The maximum Gasteiger partial charge on any atom is 0.311 e. The molecular formula is C20H28N2O4. The first kappa shape index (κ1) is 19.9. The molecular weight excluding hydrogens is 332 g/mol. The van der Waals surface area contributed by atoms with E-state index in [1.54, 1.807) is 4.90 Å². The largest absolute Gasteiger partial charge is 0.481 e. The van der Waals surface area contributed by atoms with Gasteiger partial charge in [0.05, 0.1) is 5.41 Å². The Labute approximate surface area is 154 Å². The summed E-state index contributed by atoms with van der Waals surface area (Å²) >= 11 is 0. The van der Waals surface area contributed by atoms with Crippen LogP contribution in [0.25, 0.3) is 0 Å². The number of amides is 2. The van der Waals surface area contributed by atoms with Gasteiger partial charge in [0.1, 0.15) is 6.04 Å². The molecule has 6 heteroatoms. The lowest BCUT2D eigenvalue weighted by Crippen LogP contribution is -2.49. The maximum atomic E-state index is 13.0. The quantitative estimate of drug-likeness (QED) is 0.746. The molecule has 1 heterocycles. The minimum Gasteiger partial charge on any atom is -0.481 e. The first-order valence-corrected chi connectivity index (χ1v) is 9.30. The molecule has 0 saturated carbocycles. The fourth-order valence-electron chi connectivity index (χ4n) is 3.44. The molecule has 1 aromatic rings. The number of carbonyl (C=O) groups is 3. The van der Waals surface area contributed by atoms with Crippen LogP contribution in [-0.2, 0) is 14.4 Å². The molecule has 2 amide bonds. The number of nitrogens with zero attached hydrogens (tertiary/aromatic N) is 1. The van der Waals surface area contributed by atoms with Crippen LogP contribution in [0, 0.1) is 5.41 Å². The molecule has 0 radical (unpaired) electrons. The fourth-order valence-corrected chi connectivity index (χ4v) is 3.44. The minimum atomic E-state index is -0.983. The van der Waals surface area contributed by atoms with Crippen LogP contribution in [-0.4, -0.2) is 40.9 Å². The standard InChI is InChI=1S/C20H28N2O4/c1-3-20(4-2,19(25)26)14-21-18(24)17(15-10-6-5-7-11-15)22-13-9-8-12-16(22)23/h5-7,10-11,17H,3-4,8-9,12-14H2,1-2H3,(H,21,24)(H,25,26). The molecule has 0 bridgehead atoms. The Balaban J connectivity index is 2.23. The summed E-state index contributed by atoms with van der Waals surface area (Å²) in [6.45, 7) is 4.22. The van der Waals surface area contributed by atoms with E-state index in [1.807, 2.05) is 44.2 Å². The molecule has 6 nitrogen and oxygen atoms in total. The van der Waals surface area contributed by atoms with Crippen molar-refractivity contribution < 1.29 is 19.5 Å². The lowest BCUT2D eigenvalue weighted by Gasteiger charge is -2.35. The molecule has 142 valence electrons. The van der Waals surface area contributed by atoms with E-state index in [9.17, 15) is 19.5 Å². The van der Waals surface area contributed by atoms with Crippen molar-refractivity contribution in [3.8, 4) is 0 Å². The highest BCUT2D eigenvalue weighted by atomic mass is 16.4. The lowest BCUT2D eigenvalue weighted by molar-refractivity contribution is -0.150. The van der Waals surface area contributed by atoms with Crippen molar-refractivity contribution in [3.05, 3.63) is 35.9 Å². The highest BCUT2D eigenvalue weighted by Gasteiger charge is 2.38. The van der Waals surface area contributed by atoms with E-state index >= 15 is 0 Å². The van der Waals surface area contributed by atoms with Crippen molar-refractivity contribution >= 4 is 17.8 Å². The normalized spacial score (nSPS) is 16.2. The van der Waals surface area contributed by atoms with Crippen LogP contribution in [0.4, 0.5) is 0 Å². The van der Waals surface area contributed by atoms with E-state index in [4.69, 9.17) is 0 Å². The van der Waals surface area contributed by atoms with Gasteiger partial charge in [0.15, 0.2) is 0 Å². The fraction of sp³-hybridized carbons (Fsp3) is 0.550. The van der Waals surface area contributed by atoms with Crippen molar-refractivity contribution in [1.29, 1.82) is 0 Å². The van der Waals surface area contributed by atoms with Gasteiger partial charge in [-0.05, 0) is 31.2 Å². The van der Waals surface area contributed by atoms with E-state index < -0.39 is 17.4 Å². The number of carbonyl (C=O) groups excluding carboxylic acids is 2. The number of nitrogens with one attached hydrogen (secondary N) is 1. The number of piperidine rings is 1. The Kier molecular flexibility index (Phi) is 6.77. The number of aliphatic carboxylic acids is 1. The Morgan fingerprint density at radius 2 is 1.85 bits per heavy atom. The first-order chi connectivity index (χ1) is 12.4. The Morgan fingerprint density at radius 3 is 2.38 bits per heavy atom. The van der Waals surface area contributed by atoms with E-state index in [0.717, 1.165) is 18.4 Å². The number of hydrogen-bond donors (Lipinski definition) is 2. The molecule has 1 atom stereocenters. The third-order valence-electron chi connectivity index (χ3n) is 5.44. The van der Waals surface area contributed by atoms with Gasteiger partial charge in [0, 0.05) is 19.5 Å². The van der Waals surface area contributed by atoms with Gasteiger partial charge in [-0.15, -0.1) is 0 Å². The minimum absolute atomic E-state index is 0.0317. The highest BCUT2D eigenvalue weighted by Crippen LogP contribution is 2.28. The molecule has 0 spiro atoms. The van der Waals surface area contributed by atoms with Crippen LogP contribution >= 0.6 is 0 Å². The zero-order chi connectivity index (χ0) is 19.2. The number of carboxylic acid groups (broad SMARTS) is 1. The predicted octanol–water partition coefficient (Wildman–Crippen LogP) is 2.75. The summed E-state index contributed by atoms with van der Waals surface area (Å²) in [4.78, 5) is 38.7. The molecule has 0 aromatic heterocycles. The van der Waals surface area contributed by atoms with Crippen LogP contribution in [0.5, 0.6) is 0 Å². The molecule has 26 heavy (non-hydrogen) atoms. The number of benzene rings is 1. The zero-order valence-electron chi connectivity index (χ0n) is 15.5. The number of likely N-dealkylation sites (tertiary alicyclic amines) is 1. The Hall–Kier alpha value is -2.37. The van der Waals surface area contributed by atoms with Crippen molar-refractivity contribution in [2.75, 3.05) is 13.1 Å². The predicted molar refractivity (Wildman–Crippen MR) is 98.4 cm³/mol. The van der Waals surface area contributed by atoms with Crippen molar-refractivity contribution in [1.82, 2.24) is 10.2 Å². The van der Waals surface area contributed by atoms with Gasteiger partial charge >= 0.3 is 5.97 Å². The zero-order valence-corrected chi connectivity index (χ0v) is 15.5. The molecule has 1 aliphatic rings. The van der Waals surface area contributed by atoms with Crippen LogP contribution in [0.15, 0.2) is 30.3 Å². The topological polar surface area (TPSA) is 86.7 Å². The average Bonchev–Trinajstić information content (AvgIpc) is 2.65. The monoisotopic (exact) mass is 360 g/mol. The summed E-state index contributed by atoms with van der Waals surface area (Å²) in [7, 11) is 0. The SMILES string of the molecule is CCC(CC)(CNC(=O)C(c1ccccc1)N1CCCCC1=O)C(=O)O. The summed E-state index contributed by atoms with van der Waals surface area (Å²) in [6, 6.07) is 8.48. The van der Waals surface area contributed by atoms with E-state index in [2.05, 4.69) is 5.32 Å². The molecule has 2 rings (SSSR count). The smallest absolute Gasteiger partial charge is 0.311 e. The van der Waals surface area contributed by atoms with Crippen LogP contribution in [0.3, 0.4) is 0 Å². The molecule has 1 unspecified atom stereocenters. The second-order valence-corrected chi connectivity index (χ2v) is 6.87. The number of rotatable bonds is 8. The average molecular weight is 360 g/mol. The maximum absolute atomic E-state index is 13.0. The second kappa shape index (κ2) is 8.83. The van der Waals surface area contributed by atoms with Gasteiger partial charge in [-0.25, -0.2) is 0 Å². The highest BCUT2D eigenvalue weighted by molar-refractivity contribution is 5.89. The van der Waals surface area contributed by atoms with Gasteiger partial charge < -0.3 is 15.3 Å². The third kappa shape index (κ3) is 4.23. The van der Waals surface area contributed by atoms with Gasteiger partial charge in [0.2, 0.25) is 11.8 Å². The first-order valence-electron chi connectivity index (χ1n) is 9.30. The summed E-state index contributed by atoms with van der Waals surface area (Å²) in [6.07, 6.45) is 3.01. The Bertz CT molecular complexity index is 640. The van der Waals surface area contributed by atoms with Gasteiger partial charge in [-0.2, -0.15) is 0 Å². The lowest BCUT2D eigenvalue weighted by atomic mass is 9.82. The van der Waals surface area contributed by atoms with Crippen LogP contribution in [0.1, 0.15) is 57.6 Å². The van der Waals surface area contributed by atoms with E-state index in [0.29, 0.717) is 25.8 Å². The summed E-state index contributed by atoms with van der Waals surface area (Å²) in [5.41, 5.74) is -0.239. The van der Waals surface area contributed by atoms with Gasteiger partial charge in [-0.1, -0.05) is 44.2 Å². The van der Waals surface area contributed by atoms with Crippen LogP contribution < -0.4 is 5.32 Å². The number of hydrogen-bond acceptors (Lipinski definition) is 3. The molecule has 1 aromatic carbocycles. The van der Waals surface area contributed by atoms with Crippen molar-refractivity contribution in [3.63, 3.8) is 0 Å². The molecule has 0 aliphatic carbocycles. The van der Waals surface area contributed by atoms with E-state index in [-0.39, 0.29) is 18.4 Å². The summed E-state index contributed by atoms with van der Waals surface area (Å²) in [5.74, 6) is -1.26. The second-order valence-electron chi connectivity index (χ2n) is 6.87. The molecule has 2 N–H and O–H groups in total. The van der Waals surface area contributed by atoms with Gasteiger partial charge in [0.25, 0.3) is 0 Å². The summed E-state index contributed by atoms with van der Waals surface area (Å²) in [5, 5.41) is 12.4. The van der Waals surface area contributed by atoms with Crippen LogP contribution in [0.2, 0.25) is 0 Å². The van der Waals surface area contributed by atoms with Gasteiger partial charge in [-0.3, -0.25) is 14.4 Å². The number of carboxylic acids is 1. The molecule has 1 fully saturated rings. The van der Waals surface area contributed by atoms with E-state index in [1.165, 1.54) is 0 Å². The molecule has 1 aliphatic heterocycles. The third-order valence-corrected chi connectivity index (χ3v) is 5.44. The molecule has 1 saturated heterocycles. The summed E-state index contributed by atoms with van der Waals surface area (Å²) < 4.78 is 0.